The van der Waals surface area contributed by atoms with Crippen LogP contribution in [0, 0.1) is 11.3 Å². The topological polar surface area (TPSA) is 40.5 Å². The van der Waals surface area contributed by atoms with Gasteiger partial charge in [-0.3, -0.25) is 0 Å². The lowest BCUT2D eigenvalue weighted by Crippen LogP contribution is -2.16. The van der Waals surface area contributed by atoms with Crippen molar-refractivity contribution in [3.8, 4) is 0 Å². The van der Waals surface area contributed by atoms with E-state index in [1.165, 1.54) is 0 Å². The molecule has 0 spiro atoms. The van der Waals surface area contributed by atoms with Gasteiger partial charge in [0.2, 0.25) is 0 Å². The van der Waals surface area contributed by atoms with E-state index in [9.17, 15) is 5.11 Å². The minimum Gasteiger partial charge on any atom is -0.396 e. The Hall–Kier alpha value is -0.0800. The molecule has 0 aromatic rings. The number of aliphatic hydroxyl groups is 2. The molecule has 1 fully saturated rings. The second-order valence-electron chi connectivity index (χ2n) is 4.08. The highest BCUT2D eigenvalue weighted by atomic mass is 16.3. The molecule has 0 bridgehead atoms. The van der Waals surface area contributed by atoms with Crippen molar-refractivity contribution in [2.45, 2.75) is 32.8 Å². The molecule has 1 saturated carbocycles. The second kappa shape index (κ2) is 2.51. The molecule has 2 atom stereocenters. The van der Waals surface area contributed by atoms with Crippen molar-refractivity contribution in [2.75, 3.05) is 6.61 Å². The van der Waals surface area contributed by atoms with Gasteiger partial charge in [0.25, 0.3) is 0 Å². The Labute approximate surface area is 61.9 Å². The van der Waals surface area contributed by atoms with Crippen LogP contribution in [0.2, 0.25) is 0 Å². The summed E-state index contributed by atoms with van der Waals surface area (Å²) in [5.41, 5.74) is 0.229. The SMILES string of the molecule is CC1(C)C[C@H](CO)[C@@H](O)C1. The summed E-state index contributed by atoms with van der Waals surface area (Å²) in [6.07, 6.45) is 1.50. The molecule has 1 aliphatic rings. The molecule has 1 aliphatic carbocycles. The van der Waals surface area contributed by atoms with Gasteiger partial charge in [0, 0.05) is 12.5 Å². The van der Waals surface area contributed by atoms with Crippen LogP contribution in [-0.2, 0) is 0 Å². The van der Waals surface area contributed by atoms with Gasteiger partial charge in [0.15, 0.2) is 0 Å². The van der Waals surface area contributed by atoms with E-state index < -0.39 is 0 Å². The molecule has 0 unspecified atom stereocenters. The fourth-order valence-electron chi connectivity index (χ4n) is 1.85. The standard InChI is InChI=1S/C8H16O2/c1-8(2)3-6(5-9)7(10)4-8/h6-7,9-10H,3-5H2,1-2H3/t6-,7+/m1/s1. The van der Waals surface area contributed by atoms with Crippen LogP contribution in [0.4, 0.5) is 0 Å². The highest BCUT2D eigenvalue weighted by molar-refractivity contribution is 4.88. The van der Waals surface area contributed by atoms with Crippen LogP contribution in [0.25, 0.3) is 0 Å². The minimum atomic E-state index is -0.278. The van der Waals surface area contributed by atoms with Crippen molar-refractivity contribution in [2.24, 2.45) is 11.3 Å². The first-order chi connectivity index (χ1) is 4.55. The fraction of sp³-hybridized carbons (Fsp3) is 1.00. The first-order valence-electron chi connectivity index (χ1n) is 3.84. The maximum absolute atomic E-state index is 9.36. The molecule has 60 valence electrons. The van der Waals surface area contributed by atoms with Crippen LogP contribution in [0.1, 0.15) is 26.7 Å². The monoisotopic (exact) mass is 144 g/mol. The lowest BCUT2D eigenvalue weighted by Gasteiger charge is -2.15. The van der Waals surface area contributed by atoms with Crippen LogP contribution in [0.5, 0.6) is 0 Å². The van der Waals surface area contributed by atoms with E-state index in [-0.39, 0.29) is 24.0 Å². The molecule has 0 aliphatic heterocycles. The molecule has 2 N–H and O–H groups in total. The van der Waals surface area contributed by atoms with Crippen LogP contribution >= 0.6 is 0 Å². The van der Waals surface area contributed by atoms with Gasteiger partial charge in [0.1, 0.15) is 0 Å². The third kappa shape index (κ3) is 1.50. The largest absolute Gasteiger partial charge is 0.396 e. The maximum atomic E-state index is 9.36. The number of rotatable bonds is 1. The van der Waals surface area contributed by atoms with Gasteiger partial charge in [-0.15, -0.1) is 0 Å². The average molecular weight is 144 g/mol. The minimum absolute atomic E-state index is 0.120. The van der Waals surface area contributed by atoms with Gasteiger partial charge in [-0.2, -0.15) is 0 Å². The summed E-state index contributed by atoms with van der Waals surface area (Å²) in [6.45, 7) is 4.39. The molecule has 2 heteroatoms. The van der Waals surface area contributed by atoms with E-state index in [0.717, 1.165) is 12.8 Å². The van der Waals surface area contributed by atoms with Crippen LogP contribution in [0.15, 0.2) is 0 Å². The second-order valence-corrected chi connectivity index (χ2v) is 4.08. The van der Waals surface area contributed by atoms with Crippen molar-refractivity contribution < 1.29 is 10.2 Å². The van der Waals surface area contributed by atoms with Crippen LogP contribution in [-0.4, -0.2) is 22.9 Å². The van der Waals surface area contributed by atoms with Crippen LogP contribution in [0.3, 0.4) is 0 Å². The van der Waals surface area contributed by atoms with E-state index in [1.807, 2.05) is 0 Å². The Morgan fingerprint density at radius 2 is 2.00 bits per heavy atom. The van der Waals surface area contributed by atoms with Gasteiger partial charge in [-0.05, 0) is 18.3 Å². The molecule has 0 saturated heterocycles. The van der Waals surface area contributed by atoms with Crippen molar-refractivity contribution >= 4 is 0 Å². The Kier molecular flexibility index (Phi) is 2.02. The Morgan fingerprint density at radius 3 is 2.20 bits per heavy atom. The molecular formula is C8H16O2. The van der Waals surface area contributed by atoms with E-state index >= 15 is 0 Å². The highest BCUT2D eigenvalue weighted by Gasteiger charge is 2.37. The summed E-state index contributed by atoms with van der Waals surface area (Å²) in [6, 6.07) is 0. The Bertz CT molecular complexity index is 120. The van der Waals surface area contributed by atoms with E-state index in [1.54, 1.807) is 0 Å². The molecular weight excluding hydrogens is 128 g/mol. The summed E-state index contributed by atoms with van der Waals surface area (Å²) in [5, 5.41) is 18.2. The van der Waals surface area contributed by atoms with Crippen molar-refractivity contribution in [3.05, 3.63) is 0 Å². The number of hydrogen-bond acceptors (Lipinski definition) is 2. The smallest absolute Gasteiger partial charge is 0.0595 e. The van der Waals surface area contributed by atoms with Crippen LogP contribution < -0.4 is 0 Å². The molecule has 0 amide bonds. The van der Waals surface area contributed by atoms with Gasteiger partial charge in [0.05, 0.1) is 6.10 Å². The fourth-order valence-corrected chi connectivity index (χ4v) is 1.85. The molecule has 0 heterocycles. The molecule has 10 heavy (non-hydrogen) atoms. The zero-order chi connectivity index (χ0) is 7.78. The quantitative estimate of drug-likeness (QED) is 0.571. The maximum Gasteiger partial charge on any atom is 0.0595 e. The van der Waals surface area contributed by atoms with Gasteiger partial charge in [-0.1, -0.05) is 13.8 Å². The first kappa shape index (κ1) is 8.02. The van der Waals surface area contributed by atoms with E-state index in [2.05, 4.69) is 13.8 Å². The highest BCUT2D eigenvalue weighted by Crippen LogP contribution is 2.40. The molecule has 2 nitrogen and oxygen atoms in total. The first-order valence-corrected chi connectivity index (χ1v) is 3.84. The van der Waals surface area contributed by atoms with Gasteiger partial charge < -0.3 is 10.2 Å². The predicted molar refractivity (Wildman–Crippen MR) is 39.6 cm³/mol. The summed E-state index contributed by atoms with van der Waals surface area (Å²) in [4.78, 5) is 0. The third-order valence-corrected chi connectivity index (χ3v) is 2.36. The number of aliphatic hydroxyl groups excluding tert-OH is 2. The normalized spacial score (nSPS) is 38.4. The van der Waals surface area contributed by atoms with Gasteiger partial charge in [-0.25, -0.2) is 0 Å². The van der Waals surface area contributed by atoms with E-state index in [0.29, 0.717) is 0 Å². The third-order valence-electron chi connectivity index (χ3n) is 2.36. The summed E-state index contributed by atoms with van der Waals surface area (Å²) in [7, 11) is 0. The lowest BCUT2D eigenvalue weighted by atomic mass is 9.91. The Balaban J connectivity index is 2.52. The lowest BCUT2D eigenvalue weighted by molar-refractivity contribution is 0.0901. The summed E-state index contributed by atoms with van der Waals surface area (Å²) >= 11 is 0. The number of hydrogen-bond donors (Lipinski definition) is 2. The molecule has 0 aromatic carbocycles. The summed E-state index contributed by atoms with van der Waals surface area (Å²) < 4.78 is 0. The Morgan fingerprint density at radius 1 is 1.40 bits per heavy atom. The summed E-state index contributed by atoms with van der Waals surface area (Å²) in [5.74, 6) is 0.120. The molecule has 0 aromatic heterocycles. The zero-order valence-electron chi connectivity index (χ0n) is 6.67. The molecule has 0 radical (unpaired) electrons. The average Bonchev–Trinajstić information content (AvgIpc) is 2.05. The van der Waals surface area contributed by atoms with E-state index in [4.69, 9.17) is 5.11 Å². The molecule has 1 rings (SSSR count). The van der Waals surface area contributed by atoms with Crippen molar-refractivity contribution in [1.29, 1.82) is 0 Å². The van der Waals surface area contributed by atoms with Crippen molar-refractivity contribution in [1.82, 2.24) is 0 Å². The zero-order valence-corrected chi connectivity index (χ0v) is 6.67. The van der Waals surface area contributed by atoms with Gasteiger partial charge >= 0.3 is 0 Å². The predicted octanol–water partition coefficient (Wildman–Crippen LogP) is 0.776. The van der Waals surface area contributed by atoms with Crippen molar-refractivity contribution in [3.63, 3.8) is 0 Å².